The molecule has 5 nitrogen and oxygen atoms in total. The molecule has 1 N–H and O–H groups in total. The smallest absolute Gasteiger partial charge is 0.321 e. The quantitative estimate of drug-likeness (QED) is 0.888. The lowest BCUT2D eigenvalue weighted by atomic mass is 10.2. The lowest BCUT2D eigenvalue weighted by Crippen LogP contribution is -2.32. The third kappa shape index (κ3) is 3.24. The molecule has 1 fully saturated rings. The van der Waals surface area contributed by atoms with Crippen LogP contribution in [-0.2, 0) is 4.79 Å². The lowest BCUT2D eigenvalue weighted by molar-refractivity contribution is -0.116. The van der Waals surface area contributed by atoms with E-state index in [9.17, 15) is 9.59 Å². The van der Waals surface area contributed by atoms with Crippen molar-refractivity contribution in [2.75, 3.05) is 30.4 Å². The summed E-state index contributed by atoms with van der Waals surface area (Å²) in [6, 6.07) is 7.21. The van der Waals surface area contributed by atoms with Gasteiger partial charge in [-0.15, -0.1) is 0 Å². The van der Waals surface area contributed by atoms with Gasteiger partial charge in [-0.1, -0.05) is 0 Å². The molecule has 0 bridgehead atoms. The van der Waals surface area contributed by atoms with E-state index in [1.165, 1.54) is 6.92 Å². The minimum Gasteiger partial charge on any atom is -0.325 e. The summed E-state index contributed by atoms with van der Waals surface area (Å²) >= 11 is 0. The molecule has 0 radical (unpaired) electrons. The summed E-state index contributed by atoms with van der Waals surface area (Å²) in [5.74, 6) is -0.0196. The van der Waals surface area contributed by atoms with Crippen LogP contribution in [0.25, 0.3) is 0 Å². The van der Waals surface area contributed by atoms with Crippen molar-refractivity contribution in [2.24, 2.45) is 0 Å². The van der Waals surface area contributed by atoms with Crippen LogP contribution in [0.15, 0.2) is 24.3 Å². The van der Waals surface area contributed by atoms with Crippen LogP contribution in [0.4, 0.5) is 16.2 Å². The fourth-order valence-electron chi connectivity index (χ4n) is 2.07. The number of hydrogen-bond donors (Lipinski definition) is 1. The molecule has 0 saturated carbocycles. The summed E-state index contributed by atoms with van der Waals surface area (Å²) in [7, 11) is 1.72. The number of likely N-dealkylation sites (tertiary alicyclic amines) is 1. The molecule has 0 atom stereocenters. The molecule has 0 aliphatic carbocycles. The number of nitrogens with zero attached hydrogens (tertiary/aromatic N) is 2. The average Bonchev–Trinajstić information content (AvgIpc) is 2.92. The van der Waals surface area contributed by atoms with Crippen molar-refractivity contribution in [1.82, 2.24) is 4.90 Å². The van der Waals surface area contributed by atoms with Gasteiger partial charge in [0.2, 0.25) is 5.91 Å². The Balaban J connectivity index is 1.98. The molecule has 1 saturated heterocycles. The molecule has 0 spiro atoms. The summed E-state index contributed by atoms with van der Waals surface area (Å²) in [6.45, 7) is 3.18. The number of amides is 3. The summed E-state index contributed by atoms with van der Waals surface area (Å²) < 4.78 is 0. The Morgan fingerprint density at radius 2 is 1.74 bits per heavy atom. The second-order valence-corrected chi connectivity index (χ2v) is 4.75. The van der Waals surface area contributed by atoms with E-state index in [0.717, 1.165) is 37.3 Å². The number of carbonyl (C=O) groups excluding carboxylic acids is 2. The van der Waals surface area contributed by atoms with Gasteiger partial charge < -0.3 is 15.1 Å². The topological polar surface area (TPSA) is 52.7 Å². The number of benzene rings is 1. The molecule has 1 heterocycles. The highest BCUT2D eigenvalue weighted by molar-refractivity contribution is 5.92. The molecule has 1 aromatic carbocycles. The van der Waals surface area contributed by atoms with Gasteiger partial charge in [0.15, 0.2) is 0 Å². The van der Waals surface area contributed by atoms with Gasteiger partial charge in [-0.3, -0.25) is 4.79 Å². The van der Waals surface area contributed by atoms with Gasteiger partial charge in [-0.2, -0.15) is 0 Å². The molecule has 102 valence electrons. The van der Waals surface area contributed by atoms with Crippen molar-refractivity contribution in [1.29, 1.82) is 0 Å². The highest BCUT2D eigenvalue weighted by Gasteiger charge is 2.17. The Bertz CT molecular complexity index is 464. The van der Waals surface area contributed by atoms with Gasteiger partial charge in [-0.25, -0.2) is 4.79 Å². The molecule has 2 rings (SSSR count). The maximum atomic E-state index is 11.9. The third-order valence-corrected chi connectivity index (χ3v) is 3.37. The van der Waals surface area contributed by atoms with Gasteiger partial charge in [0.1, 0.15) is 0 Å². The van der Waals surface area contributed by atoms with E-state index >= 15 is 0 Å². The predicted molar refractivity (Wildman–Crippen MR) is 75.4 cm³/mol. The Labute approximate surface area is 113 Å². The number of nitrogens with one attached hydrogen (secondary N) is 1. The van der Waals surface area contributed by atoms with Crippen LogP contribution in [-0.4, -0.2) is 37.0 Å². The molecule has 1 aliphatic rings. The van der Waals surface area contributed by atoms with Crippen LogP contribution in [0.2, 0.25) is 0 Å². The van der Waals surface area contributed by atoms with Gasteiger partial charge in [-0.05, 0) is 37.1 Å². The van der Waals surface area contributed by atoms with Crippen molar-refractivity contribution < 1.29 is 9.59 Å². The van der Waals surface area contributed by atoms with Crippen molar-refractivity contribution in [2.45, 2.75) is 19.8 Å². The van der Waals surface area contributed by atoms with E-state index in [1.54, 1.807) is 11.9 Å². The van der Waals surface area contributed by atoms with Crippen molar-refractivity contribution in [3.8, 4) is 0 Å². The van der Waals surface area contributed by atoms with Crippen LogP contribution in [0.5, 0.6) is 0 Å². The number of hydrogen-bond acceptors (Lipinski definition) is 2. The van der Waals surface area contributed by atoms with E-state index in [1.807, 2.05) is 29.2 Å². The first kappa shape index (κ1) is 13.4. The van der Waals surface area contributed by atoms with E-state index in [2.05, 4.69) is 5.32 Å². The van der Waals surface area contributed by atoms with E-state index < -0.39 is 0 Å². The monoisotopic (exact) mass is 261 g/mol. The Morgan fingerprint density at radius 3 is 2.26 bits per heavy atom. The van der Waals surface area contributed by atoms with Crippen LogP contribution >= 0.6 is 0 Å². The number of carbonyl (C=O) groups is 2. The highest BCUT2D eigenvalue weighted by atomic mass is 16.2. The first-order chi connectivity index (χ1) is 9.08. The number of urea groups is 1. The Kier molecular flexibility index (Phi) is 4.04. The predicted octanol–water partition coefficient (Wildman–Crippen LogP) is 2.30. The number of anilines is 2. The fourth-order valence-corrected chi connectivity index (χ4v) is 2.07. The largest absolute Gasteiger partial charge is 0.325 e. The standard InChI is InChI=1S/C14H19N3O2/c1-11(18)16(2)13-7-5-12(6-8-13)15-14(19)17-9-3-4-10-17/h5-8H,3-4,9-10H2,1-2H3,(H,15,19). The van der Waals surface area contributed by atoms with Crippen LogP contribution in [0, 0.1) is 0 Å². The van der Waals surface area contributed by atoms with Crippen molar-refractivity contribution >= 4 is 23.3 Å². The normalized spacial score (nSPS) is 14.3. The first-order valence-corrected chi connectivity index (χ1v) is 6.48. The summed E-state index contributed by atoms with van der Waals surface area (Å²) in [4.78, 5) is 26.5. The van der Waals surface area contributed by atoms with Crippen molar-refractivity contribution in [3.63, 3.8) is 0 Å². The SMILES string of the molecule is CC(=O)N(C)c1ccc(NC(=O)N2CCCC2)cc1. The van der Waals surface area contributed by atoms with E-state index in [0.29, 0.717) is 0 Å². The highest BCUT2D eigenvalue weighted by Crippen LogP contribution is 2.18. The summed E-state index contributed by atoms with van der Waals surface area (Å²) in [6.07, 6.45) is 2.16. The maximum Gasteiger partial charge on any atom is 0.321 e. The molecule has 1 aromatic rings. The second kappa shape index (κ2) is 5.73. The average molecular weight is 261 g/mol. The Morgan fingerprint density at radius 1 is 1.16 bits per heavy atom. The molecule has 3 amide bonds. The fraction of sp³-hybridized carbons (Fsp3) is 0.429. The van der Waals surface area contributed by atoms with Gasteiger partial charge in [0.05, 0.1) is 0 Å². The minimum absolute atomic E-state index is 0.0196. The second-order valence-electron chi connectivity index (χ2n) is 4.75. The van der Waals surface area contributed by atoms with Gasteiger partial charge in [0, 0.05) is 38.4 Å². The zero-order valence-electron chi connectivity index (χ0n) is 11.3. The van der Waals surface area contributed by atoms with E-state index in [-0.39, 0.29) is 11.9 Å². The molecule has 19 heavy (non-hydrogen) atoms. The van der Waals surface area contributed by atoms with Crippen LogP contribution in [0.1, 0.15) is 19.8 Å². The first-order valence-electron chi connectivity index (χ1n) is 6.48. The summed E-state index contributed by atoms with van der Waals surface area (Å²) in [5, 5.41) is 2.86. The molecule has 5 heteroatoms. The van der Waals surface area contributed by atoms with Crippen molar-refractivity contribution in [3.05, 3.63) is 24.3 Å². The molecule has 0 unspecified atom stereocenters. The van der Waals surface area contributed by atoms with Gasteiger partial charge >= 0.3 is 6.03 Å². The van der Waals surface area contributed by atoms with E-state index in [4.69, 9.17) is 0 Å². The van der Waals surface area contributed by atoms with Crippen LogP contribution in [0.3, 0.4) is 0 Å². The maximum absolute atomic E-state index is 11.9. The number of rotatable bonds is 2. The molecular weight excluding hydrogens is 242 g/mol. The minimum atomic E-state index is -0.0508. The molecular formula is C14H19N3O2. The molecule has 0 aromatic heterocycles. The lowest BCUT2D eigenvalue weighted by Gasteiger charge is -2.18. The van der Waals surface area contributed by atoms with Crippen LogP contribution < -0.4 is 10.2 Å². The Hall–Kier alpha value is -2.04. The zero-order valence-corrected chi connectivity index (χ0v) is 11.3. The summed E-state index contributed by atoms with van der Waals surface area (Å²) in [5.41, 5.74) is 1.56. The molecule has 1 aliphatic heterocycles. The van der Waals surface area contributed by atoms with Gasteiger partial charge in [0.25, 0.3) is 0 Å². The third-order valence-electron chi connectivity index (χ3n) is 3.37. The zero-order chi connectivity index (χ0) is 13.8.